The highest BCUT2D eigenvalue weighted by molar-refractivity contribution is 9.10. The van der Waals surface area contributed by atoms with Crippen molar-refractivity contribution in [1.29, 1.82) is 0 Å². The van der Waals surface area contributed by atoms with Gasteiger partial charge in [-0.1, -0.05) is 34.1 Å². The van der Waals surface area contributed by atoms with Gasteiger partial charge < -0.3 is 9.64 Å². The van der Waals surface area contributed by atoms with Gasteiger partial charge in [-0.05, 0) is 58.3 Å². The second-order valence-electron chi connectivity index (χ2n) is 6.66. The Morgan fingerprint density at radius 1 is 1.04 bits per heavy atom. The molecule has 1 fully saturated rings. The first kappa shape index (κ1) is 18.3. The van der Waals surface area contributed by atoms with Crippen LogP contribution in [0.3, 0.4) is 0 Å². The highest BCUT2D eigenvalue weighted by atomic mass is 79.9. The molecule has 2 aromatic carbocycles. The van der Waals surface area contributed by atoms with Gasteiger partial charge in [0.25, 0.3) is 5.91 Å². The Morgan fingerprint density at radius 2 is 1.81 bits per heavy atom. The Hall–Kier alpha value is -2.11. The zero-order chi connectivity index (χ0) is 18.6. The molecule has 0 spiro atoms. The molecule has 0 atom stereocenters. The number of ether oxygens (including phenoxy) is 1. The standard InChI is InChI=1S/C22H20BrNO2S/c23-19-2-1-3-21(14-19)26-20-8-11-24(12-9-20)22(25)17-6-4-16(5-7-17)18-10-13-27-15-18/h1-7,10,13-15,20H,8-9,11-12H2. The number of carbonyl (C=O) groups is 1. The van der Waals surface area contributed by atoms with Crippen molar-refractivity contribution in [3.05, 3.63) is 75.4 Å². The normalized spacial score (nSPS) is 14.9. The first-order valence-corrected chi connectivity index (χ1v) is 10.8. The molecule has 27 heavy (non-hydrogen) atoms. The van der Waals surface area contributed by atoms with E-state index in [9.17, 15) is 4.79 Å². The van der Waals surface area contributed by atoms with E-state index in [-0.39, 0.29) is 12.0 Å². The molecule has 2 heterocycles. The summed E-state index contributed by atoms with van der Waals surface area (Å²) in [7, 11) is 0. The Kier molecular flexibility index (Phi) is 5.60. The molecule has 4 rings (SSSR count). The topological polar surface area (TPSA) is 29.5 Å². The SMILES string of the molecule is O=C(c1ccc(-c2ccsc2)cc1)N1CCC(Oc2cccc(Br)c2)CC1. The van der Waals surface area contributed by atoms with Crippen molar-refractivity contribution in [2.24, 2.45) is 0 Å². The Morgan fingerprint density at radius 3 is 2.48 bits per heavy atom. The summed E-state index contributed by atoms with van der Waals surface area (Å²) in [4.78, 5) is 14.7. The summed E-state index contributed by atoms with van der Waals surface area (Å²) in [6.07, 6.45) is 1.86. The van der Waals surface area contributed by atoms with Gasteiger partial charge in [0.05, 0.1) is 0 Å². The molecule has 3 aromatic rings. The number of rotatable bonds is 4. The van der Waals surface area contributed by atoms with Crippen LogP contribution in [0.25, 0.3) is 11.1 Å². The average molecular weight is 442 g/mol. The molecule has 0 N–H and O–H groups in total. The second kappa shape index (κ2) is 8.28. The molecule has 1 aromatic heterocycles. The zero-order valence-electron chi connectivity index (χ0n) is 14.8. The molecule has 1 saturated heterocycles. The number of carbonyl (C=O) groups excluding carboxylic acids is 1. The molecule has 0 bridgehead atoms. The monoisotopic (exact) mass is 441 g/mol. The average Bonchev–Trinajstić information content (AvgIpc) is 3.23. The van der Waals surface area contributed by atoms with Gasteiger partial charge in [0.2, 0.25) is 0 Å². The number of hydrogen-bond donors (Lipinski definition) is 0. The molecule has 0 unspecified atom stereocenters. The number of hydrogen-bond acceptors (Lipinski definition) is 3. The van der Waals surface area contributed by atoms with Gasteiger partial charge in [-0.2, -0.15) is 11.3 Å². The summed E-state index contributed by atoms with van der Waals surface area (Å²) in [5.41, 5.74) is 3.10. The van der Waals surface area contributed by atoms with Crippen molar-refractivity contribution >= 4 is 33.2 Å². The minimum atomic E-state index is 0.104. The number of thiophene rings is 1. The number of piperidine rings is 1. The predicted molar refractivity (Wildman–Crippen MR) is 113 cm³/mol. The summed E-state index contributed by atoms with van der Waals surface area (Å²) >= 11 is 5.15. The number of amides is 1. The van der Waals surface area contributed by atoms with Gasteiger partial charge in [-0.25, -0.2) is 0 Å². The van der Waals surface area contributed by atoms with Crippen LogP contribution >= 0.6 is 27.3 Å². The first-order valence-electron chi connectivity index (χ1n) is 9.03. The Balaban J connectivity index is 1.34. The molecular formula is C22H20BrNO2S. The van der Waals surface area contributed by atoms with E-state index >= 15 is 0 Å². The highest BCUT2D eigenvalue weighted by Gasteiger charge is 2.24. The Labute approximate surface area is 171 Å². The van der Waals surface area contributed by atoms with E-state index in [1.807, 2.05) is 53.4 Å². The molecule has 5 heteroatoms. The third-order valence-corrected chi connectivity index (χ3v) is 5.99. The minimum Gasteiger partial charge on any atom is -0.490 e. The molecule has 0 aliphatic carbocycles. The number of halogens is 1. The van der Waals surface area contributed by atoms with Gasteiger partial charge in [-0.15, -0.1) is 0 Å². The van der Waals surface area contributed by atoms with Crippen LogP contribution in [-0.4, -0.2) is 30.0 Å². The smallest absolute Gasteiger partial charge is 0.253 e. The van der Waals surface area contributed by atoms with Crippen LogP contribution in [0.1, 0.15) is 23.2 Å². The quantitative estimate of drug-likeness (QED) is 0.507. The van der Waals surface area contributed by atoms with Crippen molar-refractivity contribution in [2.75, 3.05) is 13.1 Å². The fourth-order valence-electron chi connectivity index (χ4n) is 3.33. The van der Waals surface area contributed by atoms with E-state index in [0.29, 0.717) is 0 Å². The van der Waals surface area contributed by atoms with Crippen LogP contribution in [0.2, 0.25) is 0 Å². The summed E-state index contributed by atoms with van der Waals surface area (Å²) in [5, 5.41) is 4.18. The fraction of sp³-hybridized carbons (Fsp3) is 0.227. The Bertz CT molecular complexity index is 900. The van der Waals surface area contributed by atoms with E-state index in [0.717, 1.165) is 47.3 Å². The van der Waals surface area contributed by atoms with Crippen molar-refractivity contribution in [3.8, 4) is 16.9 Å². The lowest BCUT2D eigenvalue weighted by molar-refractivity contribution is 0.0595. The molecule has 1 amide bonds. The van der Waals surface area contributed by atoms with Gasteiger partial charge in [0.15, 0.2) is 0 Å². The minimum absolute atomic E-state index is 0.104. The fourth-order valence-corrected chi connectivity index (χ4v) is 4.37. The van der Waals surface area contributed by atoms with E-state index in [1.165, 1.54) is 5.56 Å². The van der Waals surface area contributed by atoms with Crippen LogP contribution in [0.15, 0.2) is 69.8 Å². The maximum Gasteiger partial charge on any atom is 0.253 e. The summed E-state index contributed by atoms with van der Waals surface area (Å²) in [6, 6.07) is 17.9. The van der Waals surface area contributed by atoms with Gasteiger partial charge in [0, 0.05) is 36.0 Å². The van der Waals surface area contributed by atoms with Gasteiger partial charge >= 0.3 is 0 Å². The molecule has 0 radical (unpaired) electrons. The van der Waals surface area contributed by atoms with E-state index in [1.54, 1.807) is 11.3 Å². The largest absolute Gasteiger partial charge is 0.490 e. The number of nitrogens with zero attached hydrogens (tertiary/aromatic N) is 1. The summed E-state index contributed by atoms with van der Waals surface area (Å²) in [6.45, 7) is 1.45. The van der Waals surface area contributed by atoms with E-state index in [2.05, 4.69) is 32.8 Å². The van der Waals surface area contributed by atoms with Crippen LogP contribution in [0, 0.1) is 0 Å². The lowest BCUT2D eigenvalue weighted by atomic mass is 10.0. The van der Waals surface area contributed by atoms with Crippen LogP contribution in [0.5, 0.6) is 5.75 Å². The second-order valence-corrected chi connectivity index (χ2v) is 8.35. The molecule has 1 aliphatic rings. The van der Waals surface area contributed by atoms with Crippen molar-refractivity contribution in [3.63, 3.8) is 0 Å². The molecule has 1 aliphatic heterocycles. The maximum atomic E-state index is 12.8. The predicted octanol–water partition coefficient (Wildman–Crippen LogP) is 5.86. The summed E-state index contributed by atoms with van der Waals surface area (Å²) in [5.74, 6) is 0.978. The molecule has 138 valence electrons. The van der Waals surface area contributed by atoms with Crippen LogP contribution in [0.4, 0.5) is 0 Å². The molecular weight excluding hydrogens is 422 g/mol. The van der Waals surface area contributed by atoms with Crippen LogP contribution < -0.4 is 4.74 Å². The highest BCUT2D eigenvalue weighted by Crippen LogP contribution is 2.25. The summed E-state index contributed by atoms with van der Waals surface area (Å²) < 4.78 is 7.07. The maximum absolute atomic E-state index is 12.8. The van der Waals surface area contributed by atoms with E-state index < -0.39 is 0 Å². The number of likely N-dealkylation sites (tertiary alicyclic amines) is 1. The van der Waals surface area contributed by atoms with Crippen molar-refractivity contribution < 1.29 is 9.53 Å². The third kappa shape index (κ3) is 4.42. The van der Waals surface area contributed by atoms with Gasteiger partial charge in [0.1, 0.15) is 11.9 Å². The van der Waals surface area contributed by atoms with Crippen molar-refractivity contribution in [1.82, 2.24) is 4.90 Å². The zero-order valence-corrected chi connectivity index (χ0v) is 17.2. The van der Waals surface area contributed by atoms with Gasteiger partial charge in [-0.3, -0.25) is 4.79 Å². The number of benzene rings is 2. The van der Waals surface area contributed by atoms with Crippen LogP contribution in [-0.2, 0) is 0 Å². The molecule has 3 nitrogen and oxygen atoms in total. The third-order valence-electron chi connectivity index (χ3n) is 4.81. The lowest BCUT2D eigenvalue weighted by Gasteiger charge is -2.32. The van der Waals surface area contributed by atoms with E-state index in [4.69, 9.17) is 4.74 Å². The van der Waals surface area contributed by atoms with Crippen molar-refractivity contribution in [2.45, 2.75) is 18.9 Å². The first-order chi connectivity index (χ1) is 13.2. The lowest BCUT2D eigenvalue weighted by Crippen LogP contribution is -2.41. The molecule has 0 saturated carbocycles.